The number of nitrogens with one attached hydrogen (secondary N) is 2. The molecule has 2 rings (SSSR count). The van der Waals surface area contributed by atoms with Crippen LogP contribution in [0.15, 0.2) is 36.4 Å². The number of anilines is 1. The number of benzene rings is 2. The predicted octanol–water partition coefficient (Wildman–Crippen LogP) is 4.84. The van der Waals surface area contributed by atoms with Crippen molar-refractivity contribution >= 4 is 34.6 Å². The summed E-state index contributed by atoms with van der Waals surface area (Å²) in [6, 6.07) is 10.3. The first-order chi connectivity index (χ1) is 10.9. The van der Waals surface area contributed by atoms with Crippen molar-refractivity contribution in [1.82, 2.24) is 5.32 Å². The lowest BCUT2D eigenvalue weighted by atomic mass is 10.0. The van der Waals surface area contributed by atoms with Crippen LogP contribution in [-0.2, 0) is 0 Å². The topological polar surface area (TPSA) is 33.3 Å². The number of ether oxygens (including phenoxy) is 1. The van der Waals surface area contributed by atoms with E-state index in [4.69, 9.17) is 28.6 Å². The molecule has 0 aliphatic carbocycles. The summed E-state index contributed by atoms with van der Waals surface area (Å²) in [6.45, 7) is 4.01. The molecule has 0 fully saturated rings. The lowest BCUT2D eigenvalue weighted by Gasteiger charge is -2.20. The first-order valence-electron chi connectivity index (χ1n) is 7.08. The highest BCUT2D eigenvalue weighted by Crippen LogP contribution is 2.26. The average Bonchev–Trinajstić information content (AvgIpc) is 2.50. The minimum Gasteiger partial charge on any atom is -0.496 e. The van der Waals surface area contributed by atoms with Gasteiger partial charge < -0.3 is 15.4 Å². The van der Waals surface area contributed by atoms with Crippen molar-refractivity contribution in [2.24, 2.45) is 0 Å². The quantitative estimate of drug-likeness (QED) is 0.771. The van der Waals surface area contributed by atoms with Crippen molar-refractivity contribution < 1.29 is 9.13 Å². The molecule has 0 unspecified atom stereocenters. The first kappa shape index (κ1) is 17.5. The molecule has 23 heavy (non-hydrogen) atoms. The molecular weight excluding hydrogens is 335 g/mol. The van der Waals surface area contributed by atoms with Crippen LogP contribution in [-0.4, -0.2) is 12.2 Å². The summed E-state index contributed by atoms with van der Waals surface area (Å²) in [5.41, 5.74) is 2.77. The Morgan fingerprint density at radius 1 is 1.26 bits per heavy atom. The van der Waals surface area contributed by atoms with Gasteiger partial charge in [0.2, 0.25) is 0 Å². The van der Waals surface area contributed by atoms with Crippen molar-refractivity contribution in [3.63, 3.8) is 0 Å². The van der Waals surface area contributed by atoms with E-state index in [1.165, 1.54) is 12.1 Å². The van der Waals surface area contributed by atoms with Crippen LogP contribution in [0, 0.1) is 12.7 Å². The molecule has 1 atom stereocenters. The summed E-state index contributed by atoms with van der Waals surface area (Å²) >= 11 is 11.1. The van der Waals surface area contributed by atoms with Crippen LogP contribution >= 0.6 is 23.8 Å². The van der Waals surface area contributed by atoms with Crippen molar-refractivity contribution in [2.75, 3.05) is 12.4 Å². The van der Waals surface area contributed by atoms with Crippen LogP contribution in [0.4, 0.5) is 10.1 Å². The van der Waals surface area contributed by atoms with E-state index in [1.54, 1.807) is 13.2 Å². The molecular formula is C17H18ClFN2OS. The zero-order valence-electron chi connectivity index (χ0n) is 13.1. The van der Waals surface area contributed by atoms with Crippen LogP contribution in [0.5, 0.6) is 5.75 Å². The Balaban J connectivity index is 2.07. The molecule has 2 aromatic rings. The molecule has 0 saturated heterocycles. The molecule has 0 heterocycles. The number of hydrogen-bond donors (Lipinski definition) is 2. The maximum absolute atomic E-state index is 13.2. The SMILES string of the molecule is COc1ccc(C)cc1[C@H](C)NC(=S)Nc1ccc(F)c(Cl)c1. The first-order valence-corrected chi connectivity index (χ1v) is 7.86. The lowest BCUT2D eigenvalue weighted by molar-refractivity contribution is 0.405. The predicted molar refractivity (Wildman–Crippen MR) is 96.9 cm³/mol. The second-order valence-corrected chi connectivity index (χ2v) is 6.01. The molecule has 0 saturated carbocycles. The number of halogens is 2. The van der Waals surface area contributed by atoms with Crippen LogP contribution in [0.1, 0.15) is 24.1 Å². The largest absolute Gasteiger partial charge is 0.496 e. The van der Waals surface area contributed by atoms with Crippen molar-refractivity contribution in [3.8, 4) is 5.75 Å². The standard InChI is InChI=1S/C17H18ClFN2OS/c1-10-4-7-16(22-3)13(8-10)11(2)20-17(23)21-12-5-6-15(19)14(18)9-12/h4-9,11H,1-3H3,(H2,20,21,23)/t11-/m0/s1. The van der Waals surface area contributed by atoms with Gasteiger partial charge in [0.15, 0.2) is 5.11 Å². The molecule has 0 spiro atoms. The Morgan fingerprint density at radius 2 is 2.00 bits per heavy atom. The van der Waals surface area contributed by atoms with Gasteiger partial charge in [0, 0.05) is 11.3 Å². The number of aryl methyl sites for hydroxylation is 1. The van der Waals surface area contributed by atoms with Crippen LogP contribution in [0.3, 0.4) is 0 Å². The third-order valence-electron chi connectivity index (χ3n) is 3.38. The number of methoxy groups -OCH3 is 1. The Morgan fingerprint density at radius 3 is 2.65 bits per heavy atom. The van der Waals surface area contributed by atoms with E-state index in [0.717, 1.165) is 16.9 Å². The summed E-state index contributed by atoms with van der Waals surface area (Å²) in [7, 11) is 1.64. The fourth-order valence-electron chi connectivity index (χ4n) is 2.21. The maximum atomic E-state index is 13.2. The molecule has 6 heteroatoms. The molecule has 0 aliphatic heterocycles. The Bertz CT molecular complexity index is 724. The minimum absolute atomic E-state index is 0.0474. The molecule has 0 aromatic heterocycles. The van der Waals surface area contributed by atoms with Gasteiger partial charge in [0.25, 0.3) is 0 Å². The maximum Gasteiger partial charge on any atom is 0.171 e. The molecule has 2 aromatic carbocycles. The minimum atomic E-state index is -0.464. The highest BCUT2D eigenvalue weighted by Gasteiger charge is 2.13. The van der Waals surface area contributed by atoms with Gasteiger partial charge in [0.05, 0.1) is 18.2 Å². The molecule has 0 radical (unpaired) electrons. The van der Waals surface area contributed by atoms with E-state index in [9.17, 15) is 4.39 Å². The van der Waals surface area contributed by atoms with Crippen molar-refractivity contribution in [3.05, 3.63) is 58.4 Å². The third-order valence-corrected chi connectivity index (χ3v) is 3.89. The number of thiocarbonyl (C=S) groups is 1. The monoisotopic (exact) mass is 352 g/mol. The van der Waals surface area contributed by atoms with E-state index in [0.29, 0.717) is 10.8 Å². The normalized spacial score (nSPS) is 11.7. The van der Waals surface area contributed by atoms with Gasteiger partial charge in [-0.1, -0.05) is 29.3 Å². The summed E-state index contributed by atoms with van der Waals surface area (Å²) < 4.78 is 18.6. The van der Waals surface area contributed by atoms with Gasteiger partial charge in [-0.25, -0.2) is 4.39 Å². The van der Waals surface area contributed by atoms with E-state index >= 15 is 0 Å². The molecule has 3 nitrogen and oxygen atoms in total. The van der Waals surface area contributed by atoms with E-state index in [-0.39, 0.29) is 11.1 Å². The van der Waals surface area contributed by atoms with Gasteiger partial charge in [-0.05, 0) is 50.3 Å². The summed E-state index contributed by atoms with van der Waals surface area (Å²) in [5, 5.41) is 6.64. The van der Waals surface area contributed by atoms with Gasteiger partial charge in [-0.2, -0.15) is 0 Å². The Kier molecular flexibility index (Phi) is 5.80. The Hall–Kier alpha value is -1.85. The summed E-state index contributed by atoms with van der Waals surface area (Å²) in [4.78, 5) is 0. The fraction of sp³-hybridized carbons (Fsp3) is 0.235. The smallest absolute Gasteiger partial charge is 0.171 e. The zero-order chi connectivity index (χ0) is 17.0. The fourth-order valence-corrected chi connectivity index (χ4v) is 2.68. The Labute approximate surface area is 145 Å². The summed E-state index contributed by atoms with van der Waals surface area (Å²) in [5.74, 6) is 0.331. The van der Waals surface area contributed by atoms with Crippen molar-refractivity contribution in [1.29, 1.82) is 0 Å². The molecule has 122 valence electrons. The average molecular weight is 353 g/mol. The van der Waals surface area contributed by atoms with Crippen LogP contribution in [0.2, 0.25) is 5.02 Å². The van der Waals surface area contributed by atoms with Gasteiger partial charge >= 0.3 is 0 Å². The number of rotatable bonds is 4. The molecule has 0 amide bonds. The third kappa shape index (κ3) is 4.56. The second kappa shape index (κ2) is 7.62. The second-order valence-electron chi connectivity index (χ2n) is 5.19. The van der Waals surface area contributed by atoms with Gasteiger partial charge in [-0.3, -0.25) is 0 Å². The molecule has 0 aliphatic rings. The van der Waals surface area contributed by atoms with Crippen LogP contribution < -0.4 is 15.4 Å². The summed E-state index contributed by atoms with van der Waals surface area (Å²) in [6.07, 6.45) is 0. The zero-order valence-corrected chi connectivity index (χ0v) is 14.7. The van der Waals surface area contributed by atoms with Gasteiger partial charge in [0.1, 0.15) is 11.6 Å². The van der Waals surface area contributed by atoms with Crippen LogP contribution in [0.25, 0.3) is 0 Å². The molecule has 0 bridgehead atoms. The molecule has 2 N–H and O–H groups in total. The highest BCUT2D eigenvalue weighted by atomic mass is 35.5. The van der Waals surface area contributed by atoms with E-state index in [1.807, 2.05) is 32.0 Å². The van der Waals surface area contributed by atoms with E-state index < -0.39 is 5.82 Å². The van der Waals surface area contributed by atoms with Gasteiger partial charge in [-0.15, -0.1) is 0 Å². The number of hydrogen-bond acceptors (Lipinski definition) is 2. The lowest BCUT2D eigenvalue weighted by Crippen LogP contribution is -2.31. The van der Waals surface area contributed by atoms with Crippen molar-refractivity contribution in [2.45, 2.75) is 19.9 Å². The van der Waals surface area contributed by atoms with E-state index in [2.05, 4.69) is 10.6 Å². The highest BCUT2D eigenvalue weighted by molar-refractivity contribution is 7.80.